The summed E-state index contributed by atoms with van der Waals surface area (Å²) in [5.41, 5.74) is 2.47. The van der Waals surface area contributed by atoms with Crippen molar-refractivity contribution in [3.63, 3.8) is 0 Å². The van der Waals surface area contributed by atoms with Crippen LogP contribution in [0.1, 0.15) is 37.1 Å². The van der Waals surface area contributed by atoms with Crippen LogP contribution in [0.2, 0.25) is 0 Å². The molecule has 1 aliphatic heterocycles. The highest BCUT2D eigenvalue weighted by atomic mass is 79.9. The predicted molar refractivity (Wildman–Crippen MR) is 86.7 cm³/mol. The molecule has 0 fully saturated rings. The van der Waals surface area contributed by atoms with Crippen molar-refractivity contribution in [1.82, 2.24) is 5.32 Å². The van der Waals surface area contributed by atoms with Crippen molar-refractivity contribution in [3.8, 4) is 11.5 Å². The Morgan fingerprint density at radius 3 is 2.29 bits per heavy atom. The second kappa shape index (κ2) is 6.08. The maximum absolute atomic E-state index is 5.44. The molecule has 0 aliphatic carbocycles. The first kappa shape index (κ1) is 14.4. The number of benzene rings is 2. The van der Waals surface area contributed by atoms with Crippen molar-refractivity contribution in [3.05, 3.63) is 58.1 Å². The molecule has 21 heavy (non-hydrogen) atoms. The summed E-state index contributed by atoms with van der Waals surface area (Å²) in [6.45, 7) is 4.65. The molecule has 2 aromatic carbocycles. The van der Waals surface area contributed by atoms with Gasteiger partial charge in [0.25, 0.3) is 0 Å². The topological polar surface area (TPSA) is 30.5 Å². The third kappa shape index (κ3) is 3.22. The average molecular weight is 348 g/mol. The van der Waals surface area contributed by atoms with E-state index in [1.807, 2.05) is 12.1 Å². The summed E-state index contributed by atoms with van der Waals surface area (Å²) < 4.78 is 11.9. The Morgan fingerprint density at radius 1 is 0.905 bits per heavy atom. The second-order valence-corrected chi connectivity index (χ2v) is 6.19. The Labute approximate surface area is 133 Å². The molecule has 1 aliphatic rings. The van der Waals surface area contributed by atoms with E-state index in [4.69, 9.17) is 9.47 Å². The molecule has 4 heteroatoms. The molecule has 0 aromatic heterocycles. The maximum atomic E-state index is 5.44. The van der Waals surface area contributed by atoms with E-state index < -0.39 is 0 Å². The Hall–Kier alpha value is -1.52. The minimum absolute atomic E-state index is 0.234. The number of hydrogen-bond acceptors (Lipinski definition) is 3. The Kier molecular flexibility index (Phi) is 4.17. The minimum atomic E-state index is 0.234. The fourth-order valence-electron chi connectivity index (χ4n) is 2.50. The van der Waals surface area contributed by atoms with Gasteiger partial charge in [-0.3, -0.25) is 0 Å². The quantitative estimate of drug-likeness (QED) is 0.877. The van der Waals surface area contributed by atoms with Gasteiger partial charge >= 0.3 is 0 Å². The van der Waals surface area contributed by atoms with Gasteiger partial charge in [-0.25, -0.2) is 0 Å². The Balaban J connectivity index is 1.70. The minimum Gasteiger partial charge on any atom is -0.454 e. The molecule has 2 aromatic rings. The molecule has 0 saturated carbocycles. The smallest absolute Gasteiger partial charge is 0.231 e. The highest BCUT2D eigenvalue weighted by molar-refractivity contribution is 9.10. The summed E-state index contributed by atoms with van der Waals surface area (Å²) in [6.07, 6.45) is 0. The van der Waals surface area contributed by atoms with Crippen LogP contribution in [0.4, 0.5) is 0 Å². The first-order valence-corrected chi connectivity index (χ1v) is 7.84. The molecule has 2 unspecified atom stereocenters. The third-order valence-corrected chi connectivity index (χ3v) is 4.30. The van der Waals surface area contributed by atoms with Crippen molar-refractivity contribution in [2.75, 3.05) is 6.79 Å². The van der Waals surface area contributed by atoms with Crippen LogP contribution in [0.5, 0.6) is 11.5 Å². The molecule has 0 saturated heterocycles. The Bertz CT molecular complexity index is 627. The van der Waals surface area contributed by atoms with Crippen LogP contribution in [-0.2, 0) is 0 Å². The van der Waals surface area contributed by atoms with Crippen molar-refractivity contribution in [1.29, 1.82) is 0 Å². The second-order valence-electron chi connectivity index (χ2n) is 5.27. The van der Waals surface area contributed by atoms with E-state index in [2.05, 4.69) is 65.4 Å². The third-order valence-electron chi connectivity index (χ3n) is 3.77. The van der Waals surface area contributed by atoms with E-state index in [1.165, 1.54) is 11.1 Å². The van der Waals surface area contributed by atoms with Crippen LogP contribution in [-0.4, -0.2) is 6.79 Å². The Morgan fingerprint density at radius 2 is 1.52 bits per heavy atom. The highest BCUT2D eigenvalue weighted by Crippen LogP contribution is 2.34. The van der Waals surface area contributed by atoms with Gasteiger partial charge in [-0.15, -0.1) is 0 Å². The normalized spacial score (nSPS) is 15.8. The standard InChI is InChI=1S/C17H18BrNO2/c1-11(13-3-6-15(18)7-4-13)19-12(2)14-5-8-16-17(9-14)21-10-20-16/h3-9,11-12,19H,10H2,1-2H3. The van der Waals surface area contributed by atoms with Gasteiger partial charge < -0.3 is 14.8 Å². The molecule has 110 valence electrons. The van der Waals surface area contributed by atoms with Gasteiger partial charge in [0.2, 0.25) is 6.79 Å². The molecule has 0 spiro atoms. The van der Waals surface area contributed by atoms with Gasteiger partial charge in [0, 0.05) is 16.6 Å². The van der Waals surface area contributed by atoms with Crippen molar-refractivity contribution < 1.29 is 9.47 Å². The lowest BCUT2D eigenvalue weighted by Crippen LogP contribution is -2.22. The van der Waals surface area contributed by atoms with E-state index in [0.29, 0.717) is 6.79 Å². The monoisotopic (exact) mass is 347 g/mol. The number of nitrogens with one attached hydrogen (secondary N) is 1. The molecule has 0 bridgehead atoms. The predicted octanol–water partition coefficient (Wildman–Crippen LogP) is 4.59. The zero-order chi connectivity index (χ0) is 14.8. The summed E-state index contributed by atoms with van der Waals surface area (Å²) in [7, 11) is 0. The first-order valence-electron chi connectivity index (χ1n) is 7.04. The summed E-state index contributed by atoms with van der Waals surface area (Å²) in [5, 5.41) is 3.61. The van der Waals surface area contributed by atoms with E-state index in [-0.39, 0.29) is 12.1 Å². The fraction of sp³-hybridized carbons (Fsp3) is 0.294. The van der Waals surface area contributed by atoms with Crippen molar-refractivity contribution in [2.24, 2.45) is 0 Å². The lowest BCUT2D eigenvalue weighted by atomic mass is 10.0. The van der Waals surface area contributed by atoms with Crippen molar-refractivity contribution in [2.45, 2.75) is 25.9 Å². The summed E-state index contributed by atoms with van der Waals surface area (Å²) in [6, 6.07) is 15.0. The van der Waals surface area contributed by atoms with E-state index >= 15 is 0 Å². The number of halogens is 1. The molecular formula is C17H18BrNO2. The lowest BCUT2D eigenvalue weighted by Gasteiger charge is -2.21. The molecule has 1 N–H and O–H groups in total. The van der Waals surface area contributed by atoms with Crippen LogP contribution in [0.3, 0.4) is 0 Å². The van der Waals surface area contributed by atoms with Gasteiger partial charge in [0.15, 0.2) is 11.5 Å². The van der Waals surface area contributed by atoms with E-state index in [1.54, 1.807) is 0 Å². The summed E-state index contributed by atoms with van der Waals surface area (Å²) in [5.74, 6) is 1.66. The van der Waals surface area contributed by atoms with Crippen LogP contribution in [0.15, 0.2) is 46.9 Å². The molecule has 1 heterocycles. The number of ether oxygens (including phenoxy) is 2. The van der Waals surface area contributed by atoms with Crippen LogP contribution < -0.4 is 14.8 Å². The van der Waals surface area contributed by atoms with Gasteiger partial charge in [-0.05, 0) is 49.2 Å². The van der Waals surface area contributed by atoms with Crippen LogP contribution in [0, 0.1) is 0 Å². The average Bonchev–Trinajstić information content (AvgIpc) is 2.95. The summed E-state index contributed by atoms with van der Waals surface area (Å²) in [4.78, 5) is 0. The zero-order valence-electron chi connectivity index (χ0n) is 12.1. The van der Waals surface area contributed by atoms with Gasteiger partial charge in [-0.1, -0.05) is 34.1 Å². The summed E-state index contributed by atoms with van der Waals surface area (Å²) >= 11 is 3.46. The molecular weight excluding hydrogens is 330 g/mol. The number of rotatable bonds is 4. The molecule has 2 atom stereocenters. The lowest BCUT2D eigenvalue weighted by molar-refractivity contribution is 0.174. The molecule has 3 nitrogen and oxygen atoms in total. The number of hydrogen-bond donors (Lipinski definition) is 1. The van der Waals surface area contributed by atoms with E-state index in [9.17, 15) is 0 Å². The largest absolute Gasteiger partial charge is 0.454 e. The highest BCUT2D eigenvalue weighted by Gasteiger charge is 2.17. The SMILES string of the molecule is CC(NC(C)c1ccc2c(c1)OCO2)c1ccc(Br)cc1. The molecule has 0 amide bonds. The molecule has 3 rings (SSSR count). The van der Waals surface area contributed by atoms with Gasteiger partial charge in [0.1, 0.15) is 0 Å². The first-order chi connectivity index (χ1) is 10.1. The maximum Gasteiger partial charge on any atom is 0.231 e. The van der Waals surface area contributed by atoms with E-state index in [0.717, 1.165) is 16.0 Å². The van der Waals surface area contributed by atoms with Gasteiger partial charge in [-0.2, -0.15) is 0 Å². The number of fused-ring (bicyclic) bond motifs is 1. The fourth-order valence-corrected chi connectivity index (χ4v) is 2.77. The van der Waals surface area contributed by atoms with Crippen LogP contribution >= 0.6 is 15.9 Å². The van der Waals surface area contributed by atoms with Crippen LogP contribution in [0.25, 0.3) is 0 Å². The van der Waals surface area contributed by atoms with Gasteiger partial charge in [0.05, 0.1) is 0 Å². The van der Waals surface area contributed by atoms with Crippen molar-refractivity contribution >= 4 is 15.9 Å². The molecule has 0 radical (unpaired) electrons. The zero-order valence-corrected chi connectivity index (χ0v) is 13.7.